The fraction of sp³-hybridized carbons (Fsp3) is 0.375. The summed E-state index contributed by atoms with van der Waals surface area (Å²) in [4.78, 5) is 4.14. The second-order valence-corrected chi connectivity index (χ2v) is 2.55. The summed E-state index contributed by atoms with van der Waals surface area (Å²) >= 11 is 0. The van der Waals surface area contributed by atoms with Crippen molar-refractivity contribution < 1.29 is 0 Å². The number of aryl methyl sites for hydroxylation is 1. The van der Waals surface area contributed by atoms with Crippen LogP contribution in [0.3, 0.4) is 0 Å². The molecule has 4 N–H and O–H groups in total. The van der Waals surface area contributed by atoms with Gasteiger partial charge < -0.3 is 11.5 Å². The Morgan fingerprint density at radius 2 is 2.36 bits per heavy atom. The summed E-state index contributed by atoms with van der Waals surface area (Å²) in [5.74, 6) is 0. The van der Waals surface area contributed by atoms with Gasteiger partial charge in [-0.3, -0.25) is 4.98 Å². The maximum Gasteiger partial charge on any atom is 0.0612 e. The Balaban J connectivity index is 2.93. The molecular formula is C8H13N3. The molecule has 0 aliphatic heterocycles. The molecule has 0 saturated carbocycles. The van der Waals surface area contributed by atoms with Gasteiger partial charge in [0, 0.05) is 12.7 Å². The molecular weight excluding hydrogens is 138 g/mol. The van der Waals surface area contributed by atoms with Crippen molar-refractivity contribution in [3.8, 4) is 0 Å². The molecule has 0 aliphatic carbocycles. The summed E-state index contributed by atoms with van der Waals surface area (Å²) in [6.07, 6.45) is 1.73. The summed E-state index contributed by atoms with van der Waals surface area (Å²) in [5, 5.41) is 0. The monoisotopic (exact) mass is 151 g/mol. The molecule has 1 atom stereocenters. The molecule has 0 aliphatic rings. The average Bonchev–Trinajstić information content (AvgIpc) is 2.04. The maximum atomic E-state index is 5.71. The fourth-order valence-corrected chi connectivity index (χ4v) is 0.998. The Morgan fingerprint density at radius 1 is 1.64 bits per heavy atom. The van der Waals surface area contributed by atoms with E-state index in [1.165, 1.54) is 0 Å². The van der Waals surface area contributed by atoms with Crippen LogP contribution in [0.4, 0.5) is 0 Å². The van der Waals surface area contributed by atoms with Gasteiger partial charge in [-0.1, -0.05) is 6.07 Å². The molecule has 0 amide bonds. The molecule has 1 aromatic heterocycles. The van der Waals surface area contributed by atoms with Crippen molar-refractivity contribution in [1.29, 1.82) is 0 Å². The van der Waals surface area contributed by atoms with Crippen molar-refractivity contribution in [3.63, 3.8) is 0 Å². The standard InChI is InChI=1S/C8H13N3/c1-6-3-2-4-11-8(6)7(10)5-9/h2-4,7H,5,9-10H2,1H3/t7-/m1/s1. The first-order valence-electron chi connectivity index (χ1n) is 3.63. The second-order valence-electron chi connectivity index (χ2n) is 2.55. The van der Waals surface area contributed by atoms with Gasteiger partial charge in [0.1, 0.15) is 0 Å². The zero-order chi connectivity index (χ0) is 8.27. The van der Waals surface area contributed by atoms with E-state index in [2.05, 4.69) is 4.98 Å². The third kappa shape index (κ3) is 1.76. The zero-order valence-corrected chi connectivity index (χ0v) is 6.62. The molecule has 0 saturated heterocycles. The SMILES string of the molecule is Cc1cccnc1[C@H](N)CN. The first-order chi connectivity index (χ1) is 5.25. The van der Waals surface area contributed by atoms with Gasteiger partial charge in [0.25, 0.3) is 0 Å². The van der Waals surface area contributed by atoms with Crippen LogP contribution in [0.5, 0.6) is 0 Å². The van der Waals surface area contributed by atoms with Gasteiger partial charge in [-0.2, -0.15) is 0 Å². The lowest BCUT2D eigenvalue weighted by atomic mass is 10.1. The van der Waals surface area contributed by atoms with Crippen molar-refractivity contribution in [3.05, 3.63) is 29.6 Å². The highest BCUT2D eigenvalue weighted by Gasteiger charge is 2.06. The molecule has 60 valence electrons. The molecule has 0 spiro atoms. The van der Waals surface area contributed by atoms with Crippen LogP contribution in [0.15, 0.2) is 18.3 Å². The summed E-state index contributed by atoms with van der Waals surface area (Å²) in [6.45, 7) is 2.43. The van der Waals surface area contributed by atoms with Crippen molar-refractivity contribution in [2.45, 2.75) is 13.0 Å². The Morgan fingerprint density at radius 3 is 2.91 bits per heavy atom. The van der Waals surface area contributed by atoms with E-state index in [1.54, 1.807) is 6.20 Å². The van der Waals surface area contributed by atoms with Crippen LogP contribution < -0.4 is 11.5 Å². The van der Waals surface area contributed by atoms with E-state index >= 15 is 0 Å². The molecule has 1 rings (SSSR count). The smallest absolute Gasteiger partial charge is 0.0612 e. The molecule has 0 radical (unpaired) electrons. The summed E-state index contributed by atoms with van der Waals surface area (Å²) in [7, 11) is 0. The largest absolute Gasteiger partial charge is 0.329 e. The van der Waals surface area contributed by atoms with Crippen LogP contribution in [-0.4, -0.2) is 11.5 Å². The molecule has 11 heavy (non-hydrogen) atoms. The van der Waals surface area contributed by atoms with Crippen LogP contribution in [0.1, 0.15) is 17.3 Å². The molecule has 0 bridgehead atoms. The lowest BCUT2D eigenvalue weighted by Gasteiger charge is -2.09. The number of hydrogen-bond acceptors (Lipinski definition) is 3. The topological polar surface area (TPSA) is 64.9 Å². The van der Waals surface area contributed by atoms with E-state index in [0.29, 0.717) is 6.54 Å². The van der Waals surface area contributed by atoms with E-state index in [9.17, 15) is 0 Å². The minimum atomic E-state index is -0.129. The van der Waals surface area contributed by atoms with E-state index in [0.717, 1.165) is 11.3 Å². The quantitative estimate of drug-likeness (QED) is 0.641. The van der Waals surface area contributed by atoms with Crippen molar-refractivity contribution >= 4 is 0 Å². The van der Waals surface area contributed by atoms with Gasteiger partial charge >= 0.3 is 0 Å². The Kier molecular flexibility index (Phi) is 2.57. The van der Waals surface area contributed by atoms with Gasteiger partial charge in [0.15, 0.2) is 0 Å². The highest BCUT2D eigenvalue weighted by molar-refractivity contribution is 5.20. The van der Waals surface area contributed by atoms with Crippen LogP contribution in [0.25, 0.3) is 0 Å². The highest BCUT2D eigenvalue weighted by Crippen LogP contribution is 2.09. The molecule has 3 heteroatoms. The predicted molar refractivity (Wildman–Crippen MR) is 45.0 cm³/mol. The van der Waals surface area contributed by atoms with E-state index in [1.807, 2.05) is 19.1 Å². The van der Waals surface area contributed by atoms with Crippen molar-refractivity contribution in [2.24, 2.45) is 11.5 Å². The molecule has 1 heterocycles. The predicted octanol–water partition coefficient (Wildman–Crippen LogP) is 0.349. The minimum Gasteiger partial charge on any atom is -0.329 e. The van der Waals surface area contributed by atoms with Gasteiger partial charge in [0.05, 0.1) is 11.7 Å². The zero-order valence-electron chi connectivity index (χ0n) is 6.62. The van der Waals surface area contributed by atoms with E-state index in [4.69, 9.17) is 11.5 Å². The highest BCUT2D eigenvalue weighted by atomic mass is 14.8. The lowest BCUT2D eigenvalue weighted by Crippen LogP contribution is -2.22. The Bertz CT molecular complexity index is 235. The van der Waals surface area contributed by atoms with Gasteiger partial charge in [-0.15, -0.1) is 0 Å². The Labute approximate surface area is 66.4 Å². The van der Waals surface area contributed by atoms with Crippen LogP contribution in [0.2, 0.25) is 0 Å². The number of hydrogen-bond donors (Lipinski definition) is 2. The third-order valence-electron chi connectivity index (χ3n) is 1.66. The van der Waals surface area contributed by atoms with Crippen molar-refractivity contribution in [2.75, 3.05) is 6.54 Å². The molecule has 1 aromatic rings. The van der Waals surface area contributed by atoms with E-state index < -0.39 is 0 Å². The fourth-order valence-electron chi connectivity index (χ4n) is 0.998. The van der Waals surface area contributed by atoms with Crippen LogP contribution in [0, 0.1) is 6.92 Å². The van der Waals surface area contributed by atoms with Gasteiger partial charge in [-0.25, -0.2) is 0 Å². The summed E-state index contributed by atoms with van der Waals surface area (Å²) < 4.78 is 0. The first kappa shape index (κ1) is 8.17. The molecule has 0 unspecified atom stereocenters. The van der Waals surface area contributed by atoms with Crippen molar-refractivity contribution in [1.82, 2.24) is 4.98 Å². The Hall–Kier alpha value is -0.930. The number of rotatable bonds is 2. The van der Waals surface area contributed by atoms with Gasteiger partial charge in [0.2, 0.25) is 0 Å². The molecule has 0 fully saturated rings. The average molecular weight is 151 g/mol. The lowest BCUT2D eigenvalue weighted by molar-refractivity contribution is 0.705. The number of pyridine rings is 1. The number of aromatic nitrogens is 1. The van der Waals surface area contributed by atoms with Crippen LogP contribution in [-0.2, 0) is 0 Å². The summed E-state index contributed by atoms with van der Waals surface area (Å²) in [6, 6.07) is 3.75. The normalized spacial score (nSPS) is 13.0. The molecule has 0 aromatic carbocycles. The third-order valence-corrected chi connectivity index (χ3v) is 1.66. The second kappa shape index (κ2) is 3.46. The first-order valence-corrected chi connectivity index (χ1v) is 3.63. The van der Waals surface area contributed by atoms with E-state index in [-0.39, 0.29) is 6.04 Å². The maximum absolute atomic E-state index is 5.71. The molecule has 3 nitrogen and oxygen atoms in total. The van der Waals surface area contributed by atoms with Gasteiger partial charge in [-0.05, 0) is 18.6 Å². The minimum absolute atomic E-state index is 0.129. The number of nitrogens with two attached hydrogens (primary N) is 2. The number of nitrogens with zero attached hydrogens (tertiary/aromatic N) is 1. The summed E-state index contributed by atoms with van der Waals surface area (Å²) in [5.41, 5.74) is 13.1. The van der Waals surface area contributed by atoms with Crippen LogP contribution >= 0.6 is 0 Å².